The minimum absolute atomic E-state index is 0.267. The Morgan fingerprint density at radius 2 is 2.25 bits per heavy atom. The van der Waals surface area contributed by atoms with Gasteiger partial charge in [-0.25, -0.2) is 4.39 Å². The van der Waals surface area contributed by atoms with Crippen LogP contribution in [0, 0.1) is 15.9 Å². The number of nitro benzene ring substituents is 1. The summed E-state index contributed by atoms with van der Waals surface area (Å²) < 4.78 is 13.1. The van der Waals surface area contributed by atoms with Crippen LogP contribution in [0.3, 0.4) is 0 Å². The molecule has 0 saturated carbocycles. The molecule has 1 aromatic carbocycles. The Morgan fingerprint density at radius 3 is 2.81 bits per heavy atom. The van der Waals surface area contributed by atoms with Crippen molar-refractivity contribution in [3.05, 3.63) is 34.1 Å². The zero-order valence-corrected chi connectivity index (χ0v) is 8.47. The van der Waals surface area contributed by atoms with Gasteiger partial charge in [-0.2, -0.15) is 0 Å². The lowest BCUT2D eigenvalue weighted by molar-refractivity contribution is -0.385. The lowest BCUT2D eigenvalue weighted by Crippen LogP contribution is -2.21. The molecular formula is C10H11FN2O3. The Morgan fingerprint density at radius 1 is 1.50 bits per heavy atom. The Kier molecular flexibility index (Phi) is 2.74. The zero-order valence-electron chi connectivity index (χ0n) is 8.47. The second-order valence-corrected chi connectivity index (χ2v) is 3.81. The van der Waals surface area contributed by atoms with Crippen molar-refractivity contribution in [1.82, 2.24) is 0 Å². The third-order valence-electron chi connectivity index (χ3n) is 2.61. The fraction of sp³-hybridized carbons (Fsp3) is 0.400. The highest BCUT2D eigenvalue weighted by atomic mass is 19.1. The number of halogens is 1. The summed E-state index contributed by atoms with van der Waals surface area (Å²) in [5, 5.41) is 19.9. The van der Waals surface area contributed by atoms with Crippen LogP contribution in [0.25, 0.3) is 0 Å². The van der Waals surface area contributed by atoms with Crippen LogP contribution < -0.4 is 4.90 Å². The number of aliphatic hydroxyl groups is 1. The van der Waals surface area contributed by atoms with Crippen molar-refractivity contribution in [3.63, 3.8) is 0 Å². The van der Waals surface area contributed by atoms with Crippen LogP contribution >= 0.6 is 0 Å². The molecular weight excluding hydrogens is 215 g/mol. The van der Waals surface area contributed by atoms with Gasteiger partial charge in [0.2, 0.25) is 0 Å². The zero-order chi connectivity index (χ0) is 11.7. The van der Waals surface area contributed by atoms with Crippen molar-refractivity contribution in [3.8, 4) is 0 Å². The van der Waals surface area contributed by atoms with Gasteiger partial charge in [0.1, 0.15) is 5.82 Å². The first-order valence-corrected chi connectivity index (χ1v) is 4.94. The summed E-state index contributed by atoms with van der Waals surface area (Å²) in [6.45, 7) is 0.975. The number of nitrogens with zero attached hydrogens (tertiary/aromatic N) is 2. The average molecular weight is 226 g/mol. The lowest BCUT2D eigenvalue weighted by Gasteiger charge is -2.17. The van der Waals surface area contributed by atoms with E-state index in [2.05, 4.69) is 0 Å². The number of anilines is 1. The van der Waals surface area contributed by atoms with Gasteiger partial charge in [-0.05, 0) is 12.5 Å². The molecule has 16 heavy (non-hydrogen) atoms. The van der Waals surface area contributed by atoms with Gasteiger partial charge in [-0.1, -0.05) is 0 Å². The molecule has 1 atom stereocenters. The first-order valence-electron chi connectivity index (χ1n) is 4.94. The van der Waals surface area contributed by atoms with Gasteiger partial charge in [0.15, 0.2) is 0 Å². The van der Waals surface area contributed by atoms with E-state index in [-0.39, 0.29) is 5.69 Å². The number of rotatable bonds is 2. The Bertz CT molecular complexity index is 425. The molecule has 0 radical (unpaired) electrons. The summed E-state index contributed by atoms with van der Waals surface area (Å²) in [7, 11) is 0. The molecule has 5 nitrogen and oxygen atoms in total. The van der Waals surface area contributed by atoms with Crippen LogP contribution in [0.15, 0.2) is 18.2 Å². The maximum Gasteiger partial charge on any atom is 0.274 e. The van der Waals surface area contributed by atoms with Crippen molar-refractivity contribution in [2.45, 2.75) is 12.5 Å². The molecule has 1 fully saturated rings. The van der Waals surface area contributed by atoms with Crippen molar-refractivity contribution in [2.24, 2.45) is 0 Å². The summed E-state index contributed by atoms with van der Waals surface area (Å²) >= 11 is 0. The maximum absolute atomic E-state index is 13.1. The van der Waals surface area contributed by atoms with E-state index in [1.807, 2.05) is 0 Å². The highest BCUT2D eigenvalue weighted by Gasteiger charge is 2.22. The molecule has 2 rings (SSSR count). The highest BCUT2D eigenvalue weighted by Crippen LogP contribution is 2.26. The molecule has 1 N–H and O–H groups in total. The first kappa shape index (κ1) is 10.8. The third kappa shape index (κ3) is 2.11. The molecule has 0 aliphatic carbocycles. The largest absolute Gasteiger partial charge is 0.391 e. The van der Waals surface area contributed by atoms with E-state index >= 15 is 0 Å². The topological polar surface area (TPSA) is 66.6 Å². The van der Waals surface area contributed by atoms with Crippen LogP contribution in [-0.2, 0) is 0 Å². The van der Waals surface area contributed by atoms with E-state index in [4.69, 9.17) is 0 Å². The number of non-ortho nitro benzene ring substituents is 1. The molecule has 1 heterocycles. The van der Waals surface area contributed by atoms with Gasteiger partial charge in [0.25, 0.3) is 5.69 Å². The minimum Gasteiger partial charge on any atom is -0.391 e. The summed E-state index contributed by atoms with van der Waals surface area (Å²) in [6, 6.07) is 3.45. The van der Waals surface area contributed by atoms with Crippen LogP contribution in [0.5, 0.6) is 0 Å². The van der Waals surface area contributed by atoms with Gasteiger partial charge in [0, 0.05) is 24.8 Å². The normalized spacial score (nSPS) is 20.1. The SMILES string of the molecule is O=[N+]([O-])c1cc(F)cc(N2CC[C@@H](O)C2)c1. The fourth-order valence-electron chi connectivity index (χ4n) is 1.82. The molecule has 6 heteroatoms. The second kappa shape index (κ2) is 4.05. The number of β-amino-alcohol motifs (C(OH)–C–C–N with tert-alkyl or cyclic N) is 1. The molecule has 0 spiro atoms. The molecule has 1 aliphatic rings. The van der Waals surface area contributed by atoms with E-state index in [0.29, 0.717) is 25.2 Å². The van der Waals surface area contributed by atoms with E-state index in [0.717, 1.165) is 6.07 Å². The fourth-order valence-corrected chi connectivity index (χ4v) is 1.82. The Labute approximate surface area is 91.3 Å². The minimum atomic E-state index is -0.634. The van der Waals surface area contributed by atoms with Crippen LogP contribution in [0.1, 0.15) is 6.42 Å². The number of hydrogen-bond donors (Lipinski definition) is 1. The van der Waals surface area contributed by atoms with Gasteiger partial charge >= 0.3 is 0 Å². The lowest BCUT2D eigenvalue weighted by atomic mass is 10.2. The smallest absolute Gasteiger partial charge is 0.274 e. The molecule has 86 valence electrons. The van der Waals surface area contributed by atoms with Crippen LogP contribution in [0.4, 0.5) is 15.8 Å². The number of hydrogen-bond acceptors (Lipinski definition) is 4. The predicted octanol–water partition coefficient (Wildman–Crippen LogP) is 1.30. The number of nitro groups is 1. The van der Waals surface area contributed by atoms with Gasteiger partial charge in [-0.15, -0.1) is 0 Å². The summed E-state index contributed by atoms with van der Waals surface area (Å²) in [5.41, 5.74) is 0.180. The quantitative estimate of drug-likeness (QED) is 0.609. The standard InChI is InChI=1S/C10H11FN2O3/c11-7-3-8(5-9(4-7)13(15)16)12-2-1-10(14)6-12/h3-5,10,14H,1-2,6H2/t10-/m1/s1. The van der Waals surface area contributed by atoms with E-state index in [1.165, 1.54) is 12.1 Å². The first-order chi connectivity index (χ1) is 7.56. The highest BCUT2D eigenvalue weighted by molar-refractivity contribution is 5.54. The van der Waals surface area contributed by atoms with Gasteiger partial charge in [0.05, 0.1) is 17.1 Å². The van der Waals surface area contributed by atoms with Crippen molar-refractivity contribution < 1.29 is 14.4 Å². The number of benzene rings is 1. The average Bonchev–Trinajstić information content (AvgIpc) is 2.64. The Balaban J connectivity index is 2.30. The van der Waals surface area contributed by atoms with E-state index in [9.17, 15) is 19.6 Å². The van der Waals surface area contributed by atoms with Gasteiger partial charge < -0.3 is 10.0 Å². The summed E-state index contributed by atoms with van der Waals surface area (Å²) in [5.74, 6) is -0.634. The van der Waals surface area contributed by atoms with Gasteiger partial charge in [-0.3, -0.25) is 10.1 Å². The van der Waals surface area contributed by atoms with E-state index in [1.54, 1.807) is 4.90 Å². The van der Waals surface area contributed by atoms with Crippen molar-refractivity contribution in [1.29, 1.82) is 0 Å². The maximum atomic E-state index is 13.1. The predicted molar refractivity (Wildman–Crippen MR) is 55.9 cm³/mol. The second-order valence-electron chi connectivity index (χ2n) is 3.81. The van der Waals surface area contributed by atoms with Crippen molar-refractivity contribution >= 4 is 11.4 Å². The van der Waals surface area contributed by atoms with Crippen LogP contribution in [0.2, 0.25) is 0 Å². The van der Waals surface area contributed by atoms with Crippen molar-refractivity contribution in [2.75, 3.05) is 18.0 Å². The molecule has 0 unspecified atom stereocenters. The molecule has 1 aliphatic heterocycles. The monoisotopic (exact) mass is 226 g/mol. The molecule has 1 aromatic rings. The third-order valence-corrected chi connectivity index (χ3v) is 2.61. The van der Waals surface area contributed by atoms with E-state index < -0.39 is 16.8 Å². The summed E-state index contributed by atoms with van der Waals surface area (Å²) in [6.07, 6.45) is 0.159. The molecule has 0 bridgehead atoms. The molecule has 0 aromatic heterocycles. The number of aliphatic hydroxyl groups excluding tert-OH is 1. The summed E-state index contributed by atoms with van der Waals surface area (Å²) in [4.78, 5) is 11.7. The molecule has 0 amide bonds. The van der Waals surface area contributed by atoms with Crippen LogP contribution in [-0.4, -0.2) is 29.2 Å². The Hall–Kier alpha value is -1.69. The molecule has 1 saturated heterocycles.